The Balaban J connectivity index is 2.20. The van der Waals surface area contributed by atoms with Gasteiger partial charge in [-0.3, -0.25) is 9.59 Å². The molecule has 2 aliphatic rings. The summed E-state index contributed by atoms with van der Waals surface area (Å²) in [5, 5.41) is 1.45. The first-order valence-electron chi connectivity index (χ1n) is 7.15. The highest BCUT2D eigenvalue weighted by Crippen LogP contribution is 2.34. The fraction of sp³-hybridized carbons (Fsp3) is 0.769. The minimum absolute atomic E-state index is 0.0895. The molecule has 3 atom stereocenters. The molecule has 2 rings (SSSR count). The largest absolute Gasteiger partial charge is 0.471 e. The molecule has 0 aliphatic carbocycles. The molecule has 2 saturated heterocycles. The molecular weight excluding hydrogens is 337 g/mol. The lowest BCUT2D eigenvalue weighted by Gasteiger charge is -2.40. The van der Waals surface area contributed by atoms with Crippen molar-refractivity contribution >= 4 is 29.5 Å². The van der Waals surface area contributed by atoms with Crippen molar-refractivity contribution in [2.75, 3.05) is 12.9 Å². The predicted molar refractivity (Wildman–Crippen MR) is 75.3 cm³/mol. The smallest absolute Gasteiger partial charge is 0.467 e. The number of alkyl halides is 3. The maximum atomic E-state index is 12.6. The number of hydrogen-bond donors (Lipinski definition) is 1. The Kier molecular flexibility index (Phi) is 5.43. The summed E-state index contributed by atoms with van der Waals surface area (Å²) in [5.74, 6) is -2.98. The Bertz CT molecular complexity index is 500. The lowest BCUT2D eigenvalue weighted by Crippen LogP contribution is -2.58. The van der Waals surface area contributed by atoms with Crippen LogP contribution in [0, 0.1) is 0 Å². The number of carbonyl (C=O) groups excluding carboxylic acids is 3. The van der Waals surface area contributed by atoms with Crippen molar-refractivity contribution in [3.63, 3.8) is 0 Å². The van der Waals surface area contributed by atoms with Gasteiger partial charge in [-0.25, -0.2) is 4.79 Å². The molecule has 0 radical (unpaired) electrons. The maximum Gasteiger partial charge on any atom is 0.471 e. The summed E-state index contributed by atoms with van der Waals surface area (Å²) in [5.41, 5.74) is 0. The second-order valence-corrected chi connectivity index (χ2v) is 6.64. The molecule has 10 heteroatoms. The van der Waals surface area contributed by atoms with Gasteiger partial charge in [0.2, 0.25) is 5.91 Å². The number of esters is 1. The van der Waals surface area contributed by atoms with Crippen LogP contribution in [-0.2, 0) is 19.1 Å². The van der Waals surface area contributed by atoms with Crippen molar-refractivity contribution in [1.82, 2.24) is 10.2 Å². The van der Waals surface area contributed by atoms with E-state index in [-0.39, 0.29) is 11.8 Å². The van der Waals surface area contributed by atoms with Crippen LogP contribution in [0.4, 0.5) is 13.2 Å². The summed E-state index contributed by atoms with van der Waals surface area (Å²) in [4.78, 5) is 36.9. The van der Waals surface area contributed by atoms with Crippen LogP contribution in [0.25, 0.3) is 0 Å². The Hall–Kier alpha value is -1.45. The molecule has 0 aromatic rings. The lowest BCUT2D eigenvalue weighted by atomic mass is 10.00. The van der Waals surface area contributed by atoms with E-state index in [9.17, 15) is 27.6 Å². The number of nitrogens with one attached hydrogen (secondary N) is 1. The van der Waals surface area contributed by atoms with Crippen molar-refractivity contribution in [2.24, 2.45) is 0 Å². The molecule has 2 heterocycles. The van der Waals surface area contributed by atoms with Crippen LogP contribution < -0.4 is 5.32 Å². The molecule has 130 valence electrons. The molecule has 1 N–H and O–H groups in total. The normalized spacial score (nSPS) is 28.6. The summed E-state index contributed by atoms with van der Waals surface area (Å²) in [6.45, 7) is 0. The van der Waals surface area contributed by atoms with Gasteiger partial charge >= 0.3 is 18.1 Å². The van der Waals surface area contributed by atoms with Gasteiger partial charge in [0.05, 0.1) is 12.5 Å². The lowest BCUT2D eigenvalue weighted by molar-refractivity contribution is -0.175. The number of halogens is 3. The quantitative estimate of drug-likeness (QED) is 0.751. The third-order valence-electron chi connectivity index (χ3n) is 3.88. The number of rotatable bonds is 2. The Morgan fingerprint density at radius 3 is 2.61 bits per heavy atom. The molecule has 0 unspecified atom stereocenters. The third kappa shape index (κ3) is 3.91. The third-order valence-corrected chi connectivity index (χ3v) is 5.20. The van der Waals surface area contributed by atoms with Crippen molar-refractivity contribution in [2.45, 2.75) is 49.3 Å². The number of piperidine rings is 1. The number of thioether (sulfide) groups is 1. The molecule has 6 nitrogen and oxygen atoms in total. The topological polar surface area (TPSA) is 75.7 Å². The van der Waals surface area contributed by atoms with Gasteiger partial charge in [-0.05, 0) is 31.4 Å². The van der Waals surface area contributed by atoms with E-state index < -0.39 is 36.0 Å². The zero-order valence-electron chi connectivity index (χ0n) is 12.4. The highest BCUT2D eigenvalue weighted by molar-refractivity contribution is 7.99. The second-order valence-electron chi connectivity index (χ2n) is 5.35. The molecule has 23 heavy (non-hydrogen) atoms. The first-order valence-corrected chi connectivity index (χ1v) is 8.20. The number of amides is 2. The molecule has 0 aromatic carbocycles. The summed E-state index contributed by atoms with van der Waals surface area (Å²) in [6, 6.07) is -2.10. The van der Waals surface area contributed by atoms with E-state index in [0.717, 1.165) is 6.42 Å². The molecular formula is C13H17F3N2O4S. The van der Waals surface area contributed by atoms with Crippen LogP contribution in [0.5, 0.6) is 0 Å². The van der Waals surface area contributed by atoms with E-state index in [1.165, 1.54) is 23.8 Å². The molecule has 2 aliphatic heterocycles. The van der Waals surface area contributed by atoms with E-state index >= 15 is 0 Å². The van der Waals surface area contributed by atoms with Gasteiger partial charge in [-0.2, -0.15) is 13.2 Å². The van der Waals surface area contributed by atoms with Crippen molar-refractivity contribution in [3.05, 3.63) is 0 Å². The highest BCUT2D eigenvalue weighted by atomic mass is 32.2. The van der Waals surface area contributed by atoms with Crippen molar-refractivity contribution in [3.8, 4) is 0 Å². The number of fused-ring (bicyclic) bond motifs is 1. The van der Waals surface area contributed by atoms with E-state index in [1.807, 2.05) is 0 Å². The minimum atomic E-state index is -5.05. The van der Waals surface area contributed by atoms with E-state index in [1.54, 1.807) is 5.32 Å². The monoisotopic (exact) mass is 354 g/mol. The average Bonchev–Trinajstić information content (AvgIpc) is 2.65. The van der Waals surface area contributed by atoms with E-state index in [2.05, 4.69) is 4.74 Å². The van der Waals surface area contributed by atoms with Crippen LogP contribution in [0.15, 0.2) is 0 Å². The Morgan fingerprint density at radius 1 is 1.30 bits per heavy atom. The maximum absolute atomic E-state index is 12.6. The number of hydrogen-bond acceptors (Lipinski definition) is 5. The van der Waals surface area contributed by atoms with Crippen LogP contribution >= 0.6 is 11.8 Å². The standard InChI is InChI=1S/C13H17F3N2O4S/c1-22-11(20)8-3-2-4-9-18(8)10(19)7(5-6-23-9)17-12(21)13(14,15)16/h7-9H,2-6H2,1H3,(H,17,21)/t7-,8-,9-/m0/s1. The number of ether oxygens (including phenoxy) is 1. The Labute approximate surface area is 135 Å². The SMILES string of the molecule is COC(=O)[C@@H]1CCC[C@@H]2SCC[C@H](NC(=O)C(F)(F)F)C(=O)N21. The summed E-state index contributed by atoms with van der Waals surface area (Å²) in [7, 11) is 1.20. The summed E-state index contributed by atoms with van der Waals surface area (Å²) >= 11 is 1.41. The van der Waals surface area contributed by atoms with Crippen LogP contribution in [0.3, 0.4) is 0 Å². The zero-order valence-corrected chi connectivity index (χ0v) is 13.2. The predicted octanol–water partition coefficient (Wildman–Crippen LogP) is 1.05. The fourth-order valence-electron chi connectivity index (χ4n) is 2.79. The Morgan fingerprint density at radius 2 is 2.00 bits per heavy atom. The van der Waals surface area contributed by atoms with Gasteiger partial charge in [0, 0.05) is 0 Å². The first-order chi connectivity index (χ1) is 10.8. The van der Waals surface area contributed by atoms with Gasteiger partial charge in [0.15, 0.2) is 0 Å². The molecule has 0 aromatic heterocycles. The van der Waals surface area contributed by atoms with Crippen molar-refractivity contribution in [1.29, 1.82) is 0 Å². The van der Waals surface area contributed by atoms with Gasteiger partial charge in [-0.15, -0.1) is 11.8 Å². The second kappa shape index (κ2) is 6.98. The zero-order chi connectivity index (χ0) is 17.2. The number of methoxy groups -OCH3 is 1. The van der Waals surface area contributed by atoms with E-state index in [4.69, 9.17) is 0 Å². The van der Waals surface area contributed by atoms with Gasteiger partial charge < -0.3 is 15.0 Å². The van der Waals surface area contributed by atoms with Crippen LogP contribution in [0.2, 0.25) is 0 Å². The molecule has 2 amide bonds. The van der Waals surface area contributed by atoms with E-state index in [0.29, 0.717) is 18.6 Å². The van der Waals surface area contributed by atoms with Crippen LogP contribution in [-0.4, -0.2) is 59.2 Å². The summed E-state index contributed by atoms with van der Waals surface area (Å²) in [6.07, 6.45) is -3.19. The van der Waals surface area contributed by atoms with Crippen molar-refractivity contribution < 1.29 is 32.3 Å². The first kappa shape index (κ1) is 17.9. The van der Waals surface area contributed by atoms with Gasteiger partial charge in [-0.1, -0.05) is 0 Å². The average molecular weight is 354 g/mol. The number of carbonyl (C=O) groups is 3. The molecule has 0 spiro atoms. The fourth-order valence-corrected chi connectivity index (χ4v) is 4.18. The van der Waals surface area contributed by atoms with Crippen LogP contribution in [0.1, 0.15) is 25.7 Å². The molecule has 2 fully saturated rings. The molecule has 0 saturated carbocycles. The number of nitrogens with zero attached hydrogens (tertiary/aromatic N) is 1. The molecule has 0 bridgehead atoms. The summed E-state index contributed by atoms with van der Waals surface area (Å²) < 4.78 is 41.9. The van der Waals surface area contributed by atoms with Gasteiger partial charge in [0.1, 0.15) is 12.1 Å². The highest BCUT2D eigenvalue weighted by Gasteiger charge is 2.46. The minimum Gasteiger partial charge on any atom is -0.467 e. The van der Waals surface area contributed by atoms with Gasteiger partial charge in [0.25, 0.3) is 0 Å².